The molecule has 1 aliphatic heterocycles. The number of nitrogens with one attached hydrogen (secondary N) is 1. The van der Waals surface area contributed by atoms with Gasteiger partial charge in [0.15, 0.2) is 0 Å². The molecule has 1 aromatic carbocycles. The molecular formula is C17H26N4. The Balaban J connectivity index is 1.79. The molecule has 0 amide bonds. The predicted molar refractivity (Wildman–Crippen MR) is 87.3 cm³/mol. The normalized spacial score (nSPS) is 20.2. The van der Waals surface area contributed by atoms with Gasteiger partial charge in [0, 0.05) is 31.6 Å². The van der Waals surface area contributed by atoms with Gasteiger partial charge < -0.3 is 5.32 Å². The van der Waals surface area contributed by atoms with Crippen LogP contribution >= 0.6 is 0 Å². The van der Waals surface area contributed by atoms with Crippen molar-refractivity contribution in [1.29, 1.82) is 0 Å². The van der Waals surface area contributed by atoms with Crippen molar-refractivity contribution in [2.45, 2.75) is 38.8 Å². The molecule has 114 valence electrons. The average Bonchev–Trinajstić information content (AvgIpc) is 2.83. The predicted octanol–water partition coefficient (Wildman–Crippen LogP) is 2.54. The number of fused-ring (bicyclic) bond motifs is 1. The maximum Gasteiger partial charge on any atom is 0.0843 e. The van der Waals surface area contributed by atoms with Crippen molar-refractivity contribution in [3.63, 3.8) is 0 Å². The van der Waals surface area contributed by atoms with Crippen LogP contribution < -0.4 is 5.32 Å². The molecule has 0 saturated carbocycles. The summed E-state index contributed by atoms with van der Waals surface area (Å²) in [5.74, 6) is 0. The van der Waals surface area contributed by atoms with Gasteiger partial charge in [-0.2, -0.15) is 5.10 Å². The Morgan fingerprint density at radius 3 is 3.00 bits per heavy atom. The van der Waals surface area contributed by atoms with Gasteiger partial charge in [-0.15, -0.1) is 0 Å². The van der Waals surface area contributed by atoms with Crippen LogP contribution in [0.3, 0.4) is 0 Å². The van der Waals surface area contributed by atoms with E-state index in [-0.39, 0.29) is 0 Å². The van der Waals surface area contributed by atoms with Gasteiger partial charge in [-0.3, -0.25) is 9.58 Å². The van der Waals surface area contributed by atoms with Gasteiger partial charge in [0.1, 0.15) is 0 Å². The molecule has 1 N–H and O–H groups in total. The summed E-state index contributed by atoms with van der Waals surface area (Å²) in [4.78, 5) is 2.61. The van der Waals surface area contributed by atoms with E-state index in [2.05, 4.69) is 41.4 Å². The van der Waals surface area contributed by atoms with Crippen LogP contribution in [-0.2, 0) is 13.6 Å². The molecule has 1 aromatic heterocycles. The molecule has 0 bridgehead atoms. The highest BCUT2D eigenvalue weighted by atomic mass is 15.3. The summed E-state index contributed by atoms with van der Waals surface area (Å²) in [6.45, 7) is 6.50. The van der Waals surface area contributed by atoms with Crippen LogP contribution in [0.15, 0.2) is 24.3 Å². The van der Waals surface area contributed by atoms with E-state index in [0.717, 1.165) is 19.6 Å². The first-order chi connectivity index (χ1) is 10.3. The standard InChI is InChI=1S/C17H26N4/c1-3-18-12-14-8-6-7-11-21(14)13-16-15-9-4-5-10-17(15)20(2)19-16/h4-5,9-10,14,18H,3,6-8,11-13H2,1-2H3. The second kappa shape index (κ2) is 6.58. The summed E-state index contributed by atoms with van der Waals surface area (Å²) in [6, 6.07) is 9.20. The lowest BCUT2D eigenvalue weighted by atomic mass is 10.0. The number of hydrogen-bond acceptors (Lipinski definition) is 3. The lowest BCUT2D eigenvalue weighted by Gasteiger charge is -2.35. The Kier molecular flexibility index (Phi) is 4.56. The van der Waals surface area contributed by atoms with Crippen LogP contribution in [0.2, 0.25) is 0 Å². The van der Waals surface area contributed by atoms with Crippen molar-refractivity contribution in [3.8, 4) is 0 Å². The van der Waals surface area contributed by atoms with E-state index in [0.29, 0.717) is 6.04 Å². The summed E-state index contributed by atoms with van der Waals surface area (Å²) >= 11 is 0. The summed E-state index contributed by atoms with van der Waals surface area (Å²) in [5.41, 5.74) is 2.45. The highest BCUT2D eigenvalue weighted by Crippen LogP contribution is 2.23. The highest BCUT2D eigenvalue weighted by Gasteiger charge is 2.23. The summed E-state index contributed by atoms with van der Waals surface area (Å²) in [5, 5.41) is 9.56. The van der Waals surface area contributed by atoms with E-state index in [4.69, 9.17) is 5.10 Å². The molecule has 1 aliphatic rings. The fourth-order valence-electron chi connectivity index (χ4n) is 3.41. The molecule has 2 heterocycles. The number of likely N-dealkylation sites (tertiary alicyclic amines) is 1. The van der Waals surface area contributed by atoms with E-state index in [9.17, 15) is 0 Å². The molecule has 0 spiro atoms. The summed E-state index contributed by atoms with van der Waals surface area (Å²) in [6.07, 6.45) is 3.97. The minimum atomic E-state index is 0.652. The molecule has 1 unspecified atom stereocenters. The van der Waals surface area contributed by atoms with Crippen molar-refractivity contribution in [3.05, 3.63) is 30.0 Å². The van der Waals surface area contributed by atoms with Gasteiger partial charge in [0.2, 0.25) is 0 Å². The number of nitrogens with zero attached hydrogens (tertiary/aromatic N) is 3. The summed E-state index contributed by atoms with van der Waals surface area (Å²) in [7, 11) is 2.04. The van der Waals surface area contributed by atoms with Crippen molar-refractivity contribution in [1.82, 2.24) is 20.0 Å². The Bertz CT molecular complexity index is 589. The van der Waals surface area contributed by atoms with Gasteiger partial charge in [-0.05, 0) is 32.0 Å². The number of aryl methyl sites for hydroxylation is 1. The largest absolute Gasteiger partial charge is 0.315 e. The molecule has 1 atom stereocenters. The van der Waals surface area contributed by atoms with E-state index in [1.165, 1.54) is 42.4 Å². The van der Waals surface area contributed by atoms with Crippen molar-refractivity contribution < 1.29 is 0 Å². The number of hydrogen-bond donors (Lipinski definition) is 1. The molecule has 4 heteroatoms. The Hall–Kier alpha value is -1.39. The van der Waals surface area contributed by atoms with Crippen LogP contribution in [-0.4, -0.2) is 40.4 Å². The van der Waals surface area contributed by atoms with Gasteiger partial charge in [-0.1, -0.05) is 31.5 Å². The zero-order chi connectivity index (χ0) is 14.7. The fourth-order valence-corrected chi connectivity index (χ4v) is 3.41. The topological polar surface area (TPSA) is 33.1 Å². The first-order valence-corrected chi connectivity index (χ1v) is 8.15. The van der Waals surface area contributed by atoms with Crippen LogP contribution in [0.1, 0.15) is 31.9 Å². The zero-order valence-corrected chi connectivity index (χ0v) is 13.2. The highest BCUT2D eigenvalue weighted by molar-refractivity contribution is 5.81. The molecule has 1 saturated heterocycles. The number of benzene rings is 1. The van der Waals surface area contributed by atoms with Crippen molar-refractivity contribution in [2.24, 2.45) is 7.05 Å². The minimum absolute atomic E-state index is 0.652. The third-order valence-electron chi connectivity index (χ3n) is 4.57. The SMILES string of the molecule is CCNCC1CCCCN1Cc1nn(C)c2ccccc12. The Labute approximate surface area is 127 Å². The molecular weight excluding hydrogens is 260 g/mol. The Morgan fingerprint density at radius 1 is 1.29 bits per heavy atom. The van der Waals surface area contributed by atoms with Gasteiger partial charge in [0.05, 0.1) is 11.2 Å². The van der Waals surface area contributed by atoms with Crippen LogP contribution in [0.25, 0.3) is 10.9 Å². The molecule has 0 aliphatic carbocycles. The van der Waals surface area contributed by atoms with Crippen molar-refractivity contribution >= 4 is 10.9 Å². The van der Waals surface area contributed by atoms with E-state index in [1.54, 1.807) is 0 Å². The molecule has 4 nitrogen and oxygen atoms in total. The van der Waals surface area contributed by atoms with E-state index >= 15 is 0 Å². The molecule has 0 radical (unpaired) electrons. The van der Waals surface area contributed by atoms with Crippen LogP contribution in [0, 0.1) is 0 Å². The van der Waals surface area contributed by atoms with Gasteiger partial charge >= 0.3 is 0 Å². The van der Waals surface area contributed by atoms with E-state index < -0.39 is 0 Å². The van der Waals surface area contributed by atoms with Gasteiger partial charge in [0.25, 0.3) is 0 Å². The number of rotatable bonds is 5. The molecule has 1 fully saturated rings. The molecule has 2 aromatic rings. The minimum Gasteiger partial charge on any atom is -0.315 e. The first-order valence-electron chi connectivity index (χ1n) is 8.15. The quantitative estimate of drug-likeness (QED) is 0.917. The Morgan fingerprint density at radius 2 is 2.14 bits per heavy atom. The maximum atomic E-state index is 4.75. The van der Waals surface area contributed by atoms with Crippen molar-refractivity contribution in [2.75, 3.05) is 19.6 Å². The number of para-hydroxylation sites is 1. The zero-order valence-electron chi connectivity index (χ0n) is 13.2. The lowest BCUT2D eigenvalue weighted by molar-refractivity contribution is 0.136. The lowest BCUT2D eigenvalue weighted by Crippen LogP contribution is -2.45. The van der Waals surface area contributed by atoms with Crippen LogP contribution in [0.5, 0.6) is 0 Å². The average molecular weight is 286 g/mol. The third kappa shape index (κ3) is 3.11. The molecule has 21 heavy (non-hydrogen) atoms. The van der Waals surface area contributed by atoms with E-state index in [1.807, 2.05) is 11.7 Å². The number of likely N-dealkylation sites (N-methyl/N-ethyl adjacent to an activating group) is 1. The second-order valence-corrected chi connectivity index (χ2v) is 6.02. The summed E-state index contributed by atoms with van der Waals surface area (Å²) < 4.78 is 2.01. The monoisotopic (exact) mass is 286 g/mol. The number of aromatic nitrogens is 2. The smallest absolute Gasteiger partial charge is 0.0843 e. The molecule has 3 rings (SSSR count). The second-order valence-electron chi connectivity index (χ2n) is 6.02. The fraction of sp³-hybridized carbons (Fsp3) is 0.588. The maximum absolute atomic E-state index is 4.75. The third-order valence-corrected chi connectivity index (χ3v) is 4.57. The first kappa shape index (κ1) is 14.5. The van der Waals surface area contributed by atoms with Gasteiger partial charge in [-0.25, -0.2) is 0 Å². The van der Waals surface area contributed by atoms with Crippen LogP contribution in [0.4, 0.5) is 0 Å². The number of piperidine rings is 1.